The molecule has 1 aromatic rings. The molecule has 4 heteroatoms. The summed E-state index contributed by atoms with van der Waals surface area (Å²) in [5.74, 6) is 1.81. The molecule has 2 spiro atoms. The number of allylic oxidation sites excluding steroid dienone is 2. The molecule has 0 radical (unpaired) electrons. The minimum absolute atomic E-state index is 0.134. The lowest BCUT2D eigenvalue weighted by Gasteiger charge is -2.53. The molecule has 5 aliphatic rings. The van der Waals surface area contributed by atoms with Crippen molar-refractivity contribution in [3.05, 3.63) is 46.7 Å². The average Bonchev–Trinajstić information content (AvgIpc) is 2.96. The van der Waals surface area contributed by atoms with Crippen molar-refractivity contribution in [1.29, 1.82) is 0 Å². The van der Waals surface area contributed by atoms with Crippen molar-refractivity contribution in [2.24, 2.45) is 5.41 Å². The van der Waals surface area contributed by atoms with Gasteiger partial charge in [-0.15, -0.1) is 0 Å². The summed E-state index contributed by atoms with van der Waals surface area (Å²) in [5.41, 5.74) is 4.22. The predicted molar refractivity (Wildman–Crippen MR) is 84.5 cm³/mol. The summed E-state index contributed by atoms with van der Waals surface area (Å²) in [7, 11) is 3.93. The van der Waals surface area contributed by atoms with Crippen LogP contribution in [0.1, 0.15) is 17.5 Å². The monoisotopic (exact) mass is 309 g/mol. The van der Waals surface area contributed by atoms with Gasteiger partial charge in [-0.05, 0) is 43.2 Å². The Bertz CT molecular complexity index is 841. The second-order valence-electron chi connectivity index (χ2n) is 7.85. The second kappa shape index (κ2) is 3.44. The van der Waals surface area contributed by atoms with Crippen molar-refractivity contribution in [1.82, 2.24) is 4.90 Å². The highest BCUT2D eigenvalue weighted by Crippen LogP contribution is 2.72. The normalized spacial score (nSPS) is 41.3. The largest absolute Gasteiger partial charge is 0.504 e. The highest BCUT2D eigenvalue weighted by atomic mass is 16.5. The molecule has 1 N–H and O–H groups in total. The number of benzene rings is 1. The van der Waals surface area contributed by atoms with Crippen LogP contribution in [0.3, 0.4) is 0 Å². The molecule has 2 bridgehead atoms. The molecule has 6 rings (SSSR count). The van der Waals surface area contributed by atoms with E-state index in [9.17, 15) is 5.11 Å². The highest BCUT2D eigenvalue weighted by Gasteiger charge is 2.74. The number of aromatic hydroxyl groups is 1. The minimum Gasteiger partial charge on any atom is -0.504 e. The molecule has 2 fully saturated rings. The van der Waals surface area contributed by atoms with Gasteiger partial charge in [-0.1, -0.05) is 12.1 Å². The Morgan fingerprint density at radius 3 is 3.00 bits per heavy atom. The van der Waals surface area contributed by atoms with E-state index in [0.29, 0.717) is 17.2 Å². The molecule has 118 valence electrons. The van der Waals surface area contributed by atoms with Gasteiger partial charge in [0.25, 0.3) is 0 Å². The van der Waals surface area contributed by atoms with Crippen LogP contribution in [-0.2, 0) is 16.6 Å². The maximum Gasteiger partial charge on any atom is 0.169 e. The molecule has 1 unspecified atom stereocenters. The zero-order valence-electron chi connectivity index (χ0n) is 13.3. The quantitative estimate of drug-likeness (QED) is 0.863. The molecule has 1 aromatic carbocycles. The van der Waals surface area contributed by atoms with E-state index in [1.165, 1.54) is 16.7 Å². The fourth-order valence-electron chi connectivity index (χ4n) is 6.41. The summed E-state index contributed by atoms with van der Waals surface area (Å²) in [6, 6.07) is 4.38. The average molecular weight is 309 g/mol. The van der Waals surface area contributed by atoms with Gasteiger partial charge in [-0.2, -0.15) is 0 Å². The number of nitrogens with zero attached hydrogens (tertiary/aromatic N) is 1. The smallest absolute Gasteiger partial charge is 0.169 e. The first kappa shape index (κ1) is 12.5. The topological polar surface area (TPSA) is 41.9 Å². The van der Waals surface area contributed by atoms with Crippen molar-refractivity contribution in [2.45, 2.75) is 30.4 Å². The maximum atomic E-state index is 10.4. The van der Waals surface area contributed by atoms with Crippen LogP contribution >= 0.6 is 0 Å². The third-order valence-electron chi connectivity index (χ3n) is 6.84. The third kappa shape index (κ3) is 1.07. The first-order valence-corrected chi connectivity index (χ1v) is 8.29. The zero-order valence-corrected chi connectivity index (χ0v) is 13.3. The van der Waals surface area contributed by atoms with Crippen LogP contribution < -0.4 is 4.74 Å². The first-order chi connectivity index (χ1) is 11.1. The van der Waals surface area contributed by atoms with Crippen LogP contribution in [0.25, 0.3) is 0 Å². The minimum atomic E-state index is -0.142. The lowest BCUT2D eigenvalue weighted by molar-refractivity contribution is -0.0223. The molecule has 23 heavy (non-hydrogen) atoms. The summed E-state index contributed by atoms with van der Waals surface area (Å²) >= 11 is 0. The Labute approximate surface area is 135 Å². The van der Waals surface area contributed by atoms with Gasteiger partial charge in [-0.25, -0.2) is 0 Å². The standard InChI is InChI=1S/C19H19NO3/c1-20-9-18-7-10-3-5-12(21)15-14(10)19(8-18)11(16(18)20)4-6-13(22-2)17(19)23-15/h3-6,16-17,21H,7-9H2,1-2H3/t16-,17-,18?,19-/m0/s1. The summed E-state index contributed by atoms with van der Waals surface area (Å²) in [4.78, 5) is 2.47. The SMILES string of the molecule is COC1=CC=C2[C@@H]3N(C)CC34Cc3ccc(O)c5c3[C@@]2(C4)[C@H]1O5. The van der Waals surface area contributed by atoms with Gasteiger partial charge in [-0.3, -0.25) is 4.90 Å². The molecule has 4 nitrogen and oxygen atoms in total. The van der Waals surface area contributed by atoms with Crippen molar-refractivity contribution < 1.29 is 14.6 Å². The lowest BCUT2D eigenvalue weighted by atomic mass is 9.61. The van der Waals surface area contributed by atoms with E-state index >= 15 is 0 Å². The number of methoxy groups -OCH3 is 1. The molecule has 1 saturated carbocycles. The number of phenols is 1. The van der Waals surface area contributed by atoms with Crippen LogP contribution in [0, 0.1) is 5.41 Å². The Morgan fingerprint density at radius 2 is 2.22 bits per heavy atom. The zero-order chi connectivity index (χ0) is 15.6. The predicted octanol–water partition coefficient (Wildman–Crippen LogP) is 2.12. The lowest BCUT2D eigenvalue weighted by Crippen LogP contribution is -2.61. The van der Waals surface area contributed by atoms with E-state index in [1.807, 2.05) is 0 Å². The van der Waals surface area contributed by atoms with Crippen LogP contribution in [0.15, 0.2) is 35.6 Å². The molecular formula is C19H19NO3. The molecule has 1 saturated heterocycles. The number of hydrogen-bond donors (Lipinski definition) is 1. The van der Waals surface area contributed by atoms with Crippen molar-refractivity contribution in [3.63, 3.8) is 0 Å². The summed E-state index contributed by atoms with van der Waals surface area (Å²) in [6.45, 7) is 1.14. The van der Waals surface area contributed by atoms with E-state index < -0.39 is 0 Å². The van der Waals surface area contributed by atoms with Crippen LogP contribution in [0.2, 0.25) is 0 Å². The van der Waals surface area contributed by atoms with Crippen molar-refractivity contribution in [3.8, 4) is 11.5 Å². The second-order valence-corrected chi connectivity index (χ2v) is 7.85. The molecule has 0 amide bonds. The van der Waals surface area contributed by atoms with Crippen LogP contribution in [-0.4, -0.2) is 42.9 Å². The van der Waals surface area contributed by atoms with Crippen molar-refractivity contribution >= 4 is 0 Å². The number of likely N-dealkylation sites (N-methyl/N-ethyl adjacent to an activating group) is 1. The Kier molecular flexibility index (Phi) is 1.86. The highest BCUT2D eigenvalue weighted by molar-refractivity contribution is 5.69. The molecule has 2 aliphatic heterocycles. The van der Waals surface area contributed by atoms with Gasteiger partial charge in [0.2, 0.25) is 0 Å². The van der Waals surface area contributed by atoms with E-state index in [1.54, 1.807) is 13.2 Å². The fourth-order valence-corrected chi connectivity index (χ4v) is 6.41. The van der Waals surface area contributed by atoms with Crippen LogP contribution in [0.5, 0.6) is 11.5 Å². The number of rotatable bonds is 1. The van der Waals surface area contributed by atoms with E-state index in [0.717, 1.165) is 25.1 Å². The van der Waals surface area contributed by atoms with Gasteiger partial charge in [0.1, 0.15) is 5.76 Å². The number of ether oxygens (including phenoxy) is 2. The molecular weight excluding hydrogens is 290 g/mol. The van der Waals surface area contributed by atoms with Gasteiger partial charge in [0.15, 0.2) is 17.6 Å². The van der Waals surface area contributed by atoms with Gasteiger partial charge in [0.05, 0.1) is 12.5 Å². The third-order valence-corrected chi connectivity index (χ3v) is 6.84. The summed E-state index contributed by atoms with van der Waals surface area (Å²) in [5, 5.41) is 10.4. The molecule has 4 atom stereocenters. The number of fused-ring (bicyclic) bond motifs is 1. The fraction of sp³-hybridized carbons (Fsp3) is 0.474. The molecule has 2 heterocycles. The first-order valence-electron chi connectivity index (χ1n) is 8.29. The van der Waals surface area contributed by atoms with Crippen molar-refractivity contribution in [2.75, 3.05) is 20.7 Å². The van der Waals surface area contributed by atoms with E-state index in [4.69, 9.17) is 9.47 Å². The van der Waals surface area contributed by atoms with Gasteiger partial charge >= 0.3 is 0 Å². The number of phenolic OH excluding ortho intramolecular Hbond substituents is 1. The van der Waals surface area contributed by atoms with Gasteiger partial charge in [0, 0.05) is 23.6 Å². The Balaban J connectivity index is 1.71. The van der Waals surface area contributed by atoms with E-state index in [-0.39, 0.29) is 17.3 Å². The van der Waals surface area contributed by atoms with Crippen LogP contribution in [0.4, 0.5) is 0 Å². The summed E-state index contributed by atoms with van der Waals surface area (Å²) < 4.78 is 12.0. The van der Waals surface area contributed by atoms with E-state index in [2.05, 4.69) is 30.2 Å². The molecule has 3 aliphatic carbocycles. The Morgan fingerprint density at radius 1 is 1.35 bits per heavy atom. The molecule has 0 aromatic heterocycles. The maximum absolute atomic E-state index is 10.4. The van der Waals surface area contributed by atoms with Gasteiger partial charge < -0.3 is 14.6 Å². The number of hydrogen-bond acceptors (Lipinski definition) is 4. The Hall–Kier alpha value is -1.94. The number of likely N-dealkylation sites (tertiary alicyclic amines) is 1. The summed E-state index contributed by atoms with van der Waals surface area (Å²) in [6.07, 6.45) is 6.38.